The van der Waals surface area contributed by atoms with Gasteiger partial charge in [0, 0.05) is 31.1 Å². The number of piperidine rings is 1. The number of benzene rings is 2. The van der Waals surface area contributed by atoms with Crippen LogP contribution in [0.2, 0.25) is 0 Å². The number of halogens is 1. The van der Waals surface area contributed by atoms with Crippen LogP contribution in [0.15, 0.2) is 60.7 Å². The summed E-state index contributed by atoms with van der Waals surface area (Å²) in [4.78, 5) is 13.0. The van der Waals surface area contributed by atoms with Gasteiger partial charge in [0.1, 0.15) is 11.9 Å². The van der Waals surface area contributed by atoms with Crippen LogP contribution in [0.5, 0.6) is 0 Å². The summed E-state index contributed by atoms with van der Waals surface area (Å²) in [5, 5.41) is 16.1. The highest BCUT2D eigenvalue weighted by molar-refractivity contribution is 5.73. The highest BCUT2D eigenvalue weighted by Crippen LogP contribution is 2.41. The SMILES string of the molecule is CCn1nc(Cc2ccccc2)cc1C1CCN(CC2CCC[C@@H]2c2cccc(F)c2)CC1.CNC(C(=O)O)C(C)C. The summed E-state index contributed by atoms with van der Waals surface area (Å²) in [7, 11) is 1.65. The van der Waals surface area contributed by atoms with E-state index in [2.05, 4.69) is 64.3 Å². The van der Waals surface area contributed by atoms with Crippen LogP contribution in [0.3, 0.4) is 0 Å². The maximum atomic E-state index is 13.8. The van der Waals surface area contributed by atoms with Crippen molar-refractivity contribution in [3.8, 4) is 0 Å². The number of carboxylic acids is 1. The molecule has 2 fully saturated rings. The van der Waals surface area contributed by atoms with Gasteiger partial charge in [-0.1, -0.05) is 62.7 Å². The molecule has 1 aliphatic carbocycles. The molecule has 1 saturated heterocycles. The van der Waals surface area contributed by atoms with Gasteiger partial charge in [0.05, 0.1) is 5.69 Å². The largest absolute Gasteiger partial charge is 0.480 e. The number of likely N-dealkylation sites (tertiary alicyclic amines) is 1. The van der Waals surface area contributed by atoms with E-state index in [-0.39, 0.29) is 11.7 Å². The molecule has 2 N–H and O–H groups in total. The molecule has 5 rings (SSSR count). The Morgan fingerprint density at radius 2 is 1.79 bits per heavy atom. The minimum Gasteiger partial charge on any atom is -0.480 e. The van der Waals surface area contributed by atoms with Gasteiger partial charge in [0.2, 0.25) is 0 Å². The van der Waals surface area contributed by atoms with Crippen LogP contribution in [0.1, 0.15) is 87.2 Å². The molecule has 2 unspecified atom stereocenters. The predicted octanol–water partition coefficient (Wildman–Crippen LogP) is 6.71. The van der Waals surface area contributed by atoms with Crippen molar-refractivity contribution < 1.29 is 14.3 Å². The summed E-state index contributed by atoms with van der Waals surface area (Å²) < 4.78 is 16.0. The lowest BCUT2D eigenvalue weighted by Gasteiger charge is -2.35. The van der Waals surface area contributed by atoms with Crippen LogP contribution < -0.4 is 5.32 Å². The van der Waals surface area contributed by atoms with Crippen molar-refractivity contribution in [3.63, 3.8) is 0 Å². The first-order chi connectivity index (χ1) is 20.3. The lowest BCUT2D eigenvalue weighted by Crippen LogP contribution is -2.38. The number of aliphatic carboxylic acids is 1. The normalized spacial score (nSPS) is 20.3. The fourth-order valence-corrected chi connectivity index (χ4v) is 6.88. The van der Waals surface area contributed by atoms with E-state index < -0.39 is 12.0 Å². The molecule has 6 nitrogen and oxygen atoms in total. The zero-order valence-electron chi connectivity index (χ0n) is 25.8. The third-order valence-electron chi connectivity index (χ3n) is 9.07. The van der Waals surface area contributed by atoms with Gasteiger partial charge in [-0.25, -0.2) is 4.39 Å². The van der Waals surface area contributed by atoms with Gasteiger partial charge in [-0.2, -0.15) is 5.10 Å². The van der Waals surface area contributed by atoms with Crippen LogP contribution in [-0.4, -0.2) is 58.5 Å². The quantitative estimate of drug-likeness (QED) is 0.281. The summed E-state index contributed by atoms with van der Waals surface area (Å²) in [5.41, 5.74) is 5.13. The van der Waals surface area contributed by atoms with Crippen LogP contribution >= 0.6 is 0 Å². The maximum Gasteiger partial charge on any atom is 0.320 e. The van der Waals surface area contributed by atoms with Gasteiger partial charge >= 0.3 is 5.97 Å². The Bertz CT molecular complexity index is 1250. The lowest BCUT2D eigenvalue weighted by molar-refractivity contribution is -0.140. The Morgan fingerprint density at radius 3 is 2.38 bits per heavy atom. The van der Waals surface area contributed by atoms with Crippen molar-refractivity contribution in [1.29, 1.82) is 0 Å². The molecule has 7 heteroatoms. The molecule has 1 aromatic heterocycles. The van der Waals surface area contributed by atoms with E-state index in [9.17, 15) is 9.18 Å². The summed E-state index contributed by atoms with van der Waals surface area (Å²) in [6.07, 6.45) is 7.05. The van der Waals surface area contributed by atoms with Gasteiger partial charge in [-0.15, -0.1) is 0 Å². The van der Waals surface area contributed by atoms with Crippen LogP contribution in [0.25, 0.3) is 0 Å². The standard InChI is InChI=1S/C29H36FN3.C6H13NO2/c1-2-33-29(20-27(31-33)18-22-8-4-3-5-9-22)23-14-16-32(17-15-23)21-25-11-7-13-28(25)24-10-6-12-26(30)19-24;1-4(2)5(7-3)6(8)9/h3-6,8-10,12,19-20,23,25,28H,2,7,11,13-18,21H2,1H3;4-5,7H,1-3H3,(H,8,9)/t25?,28-;/m1./s1. The average Bonchev–Trinajstić information content (AvgIpc) is 3.61. The van der Waals surface area contributed by atoms with Crippen LogP contribution in [-0.2, 0) is 17.8 Å². The minimum absolute atomic E-state index is 0.0990. The first-order valence-electron chi connectivity index (χ1n) is 15.8. The van der Waals surface area contributed by atoms with E-state index in [0.717, 1.165) is 32.6 Å². The summed E-state index contributed by atoms with van der Waals surface area (Å²) in [6.45, 7) is 10.3. The lowest BCUT2D eigenvalue weighted by atomic mass is 9.87. The third-order valence-corrected chi connectivity index (χ3v) is 9.07. The summed E-state index contributed by atoms with van der Waals surface area (Å²) >= 11 is 0. The fourth-order valence-electron chi connectivity index (χ4n) is 6.88. The van der Waals surface area contributed by atoms with E-state index in [1.165, 1.54) is 54.6 Å². The number of nitrogens with one attached hydrogen (secondary N) is 1. The van der Waals surface area contributed by atoms with E-state index in [1.54, 1.807) is 19.2 Å². The molecular formula is C35H49FN4O2. The number of nitrogens with zero attached hydrogens (tertiary/aromatic N) is 3. The van der Waals surface area contributed by atoms with E-state index in [0.29, 0.717) is 17.8 Å². The van der Waals surface area contributed by atoms with Crippen LogP contribution in [0.4, 0.5) is 4.39 Å². The number of carbonyl (C=O) groups is 1. The molecule has 228 valence electrons. The second kappa shape index (κ2) is 15.4. The fraction of sp³-hybridized carbons (Fsp3) is 0.543. The molecule has 1 saturated carbocycles. The zero-order chi connectivity index (χ0) is 30.1. The van der Waals surface area contributed by atoms with E-state index >= 15 is 0 Å². The van der Waals surface area contributed by atoms with Gasteiger partial charge < -0.3 is 15.3 Å². The second-order valence-electron chi connectivity index (χ2n) is 12.3. The molecular weight excluding hydrogens is 527 g/mol. The number of likely N-dealkylation sites (N-methyl/N-ethyl adjacent to an activating group) is 1. The average molecular weight is 577 g/mol. The van der Waals surface area contributed by atoms with E-state index in [1.807, 2.05) is 19.9 Å². The van der Waals surface area contributed by atoms with Crippen molar-refractivity contribution in [3.05, 3.63) is 89.0 Å². The number of aryl methyl sites for hydroxylation is 1. The molecule has 2 heterocycles. The van der Waals surface area contributed by atoms with Gasteiger partial charge in [0.15, 0.2) is 0 Å². The van der Waals surface area contributed by atoms with Crippen molar-refractivity contribution >= 4 is 5.97 Å². The molecule has 0 radical (unpaired) electrons. The molecule has 1 aliphatic heterocycles. The Balaban J connectivity index is 0.000000392. The number of rotatable bonds is 10. The Hall–Kier alpha value is -3.03. The smallest absolute Gasteiger partial charge is 0.320 e. The van der Waals surface area contributed by atoms with E-state index in [4.69, 9.17) is 10.2 Å². The van der Waals surface area contributed by atoms with Gasteiger partial charge in [-0.05, 0) is 99.8 Å². The molecule has 3 aromatic rings. The molecule has 2 aliphatic rings. The number of hydrogen-bond acceptors (Lipinski definition) is 4. The molecule has 0 spiro atoms. The molecule has 42 heavy (non-hydrogen) atoms. The number of aromatic nitrogens is 2. The molecule has 2 aromatic carbocycles. The van der Waals surface area contributed by atoms with Crippen molar-refractivity contribution in [2.24, 2.45) is 11.8 Å². The molecule has 3 atom stereocenters. The second-order valence-corrected chi connectivity index (χ2v) is 12.3. The maximum absolute atomic E-state index is 13.8. The topological polar surface area (TPSA) is 70.4 Å². The minimum atomic E-state index is -0.785. The van der Waals surface area contributed by atoms with Crippen molar-refractivity contribution in [2.75, 3.05) is 26.7 Å². The number of carboxylic acid groups (broad SMARTS) is 1. The Labute approximate surface area is 251 Å². The zero-order valence-corrected chi connectivity index (χ0v) is 25.8. The Morgan fingerprint density at radius 1 is 1.05 bits per heavy atom. The predicted molar refractivity (Wildman–Crippen MR) is 167 cm³/mol. The number of hydrogen-bond donors (Lipinski definition) is 2. The van der Waals surface area contributed by atoms with Crippen molar-refractivity contribution in [1.82, 2.24) is 20.0 Å². The Kier molecular flexibility index (Phi) is 11.7. The highest BCUT2D eigenvalue weighted by Gasteiger charge is 2.32. The highest BCUT2D eigenvalue weighted by atomic mass is 19.1. The summed E-state index contributed by atoms with van der Waals surface area (Å²) in [6, 6.07) is 19.9. The monoisotopic (exact) mass is 576 g/mol. The van der Waals surface area contributed by atoms with Crippen LogP contribution in [0, 0.1) is 17.7 Å². The molecule has 0 bridgehead atoms. The van der Waals surface area contributed by atoms with Gasteiger partial charge in [-0.3, -0.25) is 9.48 Å². The first kappa shape index (κ1) is 31.9. The molecule has 0 amide bonds. The third kappa shape index (κ3) is 8.51. The van der Waals surface area contributed by atoms with Gasteiger partial charge in [0.25, 0.3) is 0 Å². The first-order valence-corrected chi connectivity index (χ1v) is 15.8. The van der Waals surface area contributed by atoms with Crippen molar-refractivity contribution in [2.45, 2.75) is 83.7 Å². The summed E-state index contributed by atoms with van der Waals surface area (Å²) in [5.74, 6) is 1.03.